The number of benzene rings is 4. The van der Waals surface area contributed by atoms with Crippen molar-refractivity contribution in [2.75, 3.05) is 0 Å². The quantitative estimate of drug-likeness (QED) is 0.192. The van der Waals surface area contributed by atoms with Crippen molar-refractivity contribution in [1.82, 2.24) is 0 Å². The van der Waals surface area contributed by atoms with E-state index in [0.29, 0.717) is 11.1 Å². The zero-order valence-electron chi connectivity index (χ0n) is 30.9. The molecule has 1 heteroatoms. The summed E-state index contributed by atoms with van der Waals surface area (Å²) in [5.41, 5.74) is 22.3. The van der Waals surface area contributed by atoms with Crippen molar-refractivity contribution in [3.8, 4) is 0 Å². The van der Waals surface area contributed by atoms with E-state index in [-0.39, 0.29) is 10.8 Å². The van der Waals surface area contributed by atoms with Crippen molar-refractivity contribution in [1.29, 1.82) is 0 Å². The van der Waals surface area contributed by atoms with Crippen molar-refractivity contribution in [2.24, 2.45) is 0 Å². The van der Waals surface area contributed by atoms with E-state index in [4.69, 9.17) is 0 Å². The first-order valence-corrected chi connectivity index (χ1v) is 21.8. The van der Waals surface area contributed by atoms with Crippen molar-refractivity contribution in [2.45, 2.75) is 102 Å². The Balaban J connectivity index is 1.31. The molecule has 0 heterocycles. The molecule has 0 aliphatic heterocycles. The minimum Gasteiger partial charge on any atom is -0.0679 e. The summed E-state index contributed by atoms with van der Waals surface area (Å²) in [4.78, 5) is 0. The molecule has 0 saturated carbocycles. The second kappa shape index (κ2) is 11.6. The Morgan fingerprint density at radius 3 is 1.20 bits per heavy atom. The zero-order chi connectivity index (χ0) is 34.3. The fourth-order valence-electron chi connectivity index (χ4n) is 9.64. The molecule has 2 unspecified atom stereocenters. The number of aryl methyl sites for hydroxylation is 2. The van der Waals surface area contributed by atoms with E-state index < -0.39 is 8.07 Å². The van der Waals surface area contributed by atoms with Gasteiger partial charge < -0.3 is 0 Å². The van der Waals surface area contributed by atoms with Crippen LogP contribution >= 0.6 is 0 Å². The smallest absolute Gasteiger partial charge is 0.0679 e. The average Bonchev–Trinajstić information content (AvgIpc) is 3.69. The van der Waals surface area contributed by atoms with E-state index in [2.05, 4.69) is 164 Å². The van der Waals surface area contributed by atoms with Crippen LogP contribution < -0.4 is 0 Å². The summed E-state index contributed by atoms with van der Waals surface area (Å²) in [6.07, 6.45) is 9.86. The maximum Gasteiger partial charge on any atom is 0.0722 e. The summed E-state index contributed by atoms with van der Waals surface area (Å²) in [5, 5.41) is 0. The third kappa shape index (κ3) is 5.41. The van der Waals surface area contributed by atoms with E-state index >= 15 is 0 Å². The molecule has 0 bridgehead atoms. The second-order valence-corrected chi connectivity index (χ2v) is 22.5. The van der Waals surface area contributed by atoms with Crippen molar-refractivity contribution >= 4 is 30.4 Å². The Morgan fingerprint density at radius 1 is 0.469 bits per heavy atom. The van der Waals surface area contributed by atoms with Crippen LogP contribution in [0.25, 0.3) is 22.3 Å². The van der Waals surface area contributed by atoms with Gasteiger partial charge >= 0.3 is 0 Å². The van der Waals surface area contributed by atoms with Gasteiger partial charge in [0.15, 0.2) is 0 Å². The van der Waals surface area contributed by atoms with Gasteiger partial charge in [-0.05, 0) is 103 Å². The molecule has 0 radical (unpaired) electrons. The highest BCUT2D eigenvalue weighted by Gasteiger charge is 2.51. The Hall–Kier alpha value is -3.94. The highest BCUT2D eigenvalue weighted by molar-refractivity contribution is 6.85. The lowest BCUT2D eigenvalue weighted by atomic mass is 9.85. The van der Waals surface area contributed by atoms with Gasteiger partial charge in [-0.25, -0.2) is 0 Å². The molecule has 8 rings (SSSR count). The van der Waals surface area contributed by atoms with Crippen LogP contribution in [0, 0.1) is 0 Å². The lowest BCUT2D eigenvalue weighted by molar-refractivity contribution is 0.590. The molecule has 4 aliphatic carbocycles. The highest BCUT2D eigenvalue weighted by atomic mass is 28.3. The molecule has 248 valence electrons. The van der Waals surface area contributed by atoms with Crippen LogP contribution in [0.2, 0.25) is 24.2 Å². The minimum atomic E-state index is -2.14. The monoisotopic (exact) mass is 656 g/mol. The largest absolute Gasteiger partial charge is 0.0722 e. The van der Waals surface area contributed by atoms with Crippen LogP contribution in [0.1, 0.15) is 98.9 Å². The maximum absolute atomic E-state index is 2.74. The lowest BCUT2D eigenvalue weighted by Gasteiger charge is -2.43. The Morgan fingerprint density at radius 2 is 0.837 bits per heavy atom. The van der Waals surface area contributed by atoms with Gasteiger partial charge in [0, 0.05) is 11.1 Å². The van der Waals surface area contributed by atoms with Crippen LogP contribution in [0.4, 0.5) is 0 Å². The summed E-state index contributed by atoms with van der Waals surface area (Å²) in [5.74, 6) is 0. The standard InChI is InChI=1S/C48H52Si/c1-47(2,3)35-23-17-33(18-24-35)41-29-43-37-15-11-9-13-31(37)21-27-39(43)45(41)49(7,8)46-40-28-22-32-14-10-12-16-38(32)44(40)30-42(46)34-19-25-36(26-20-34)48(4,5)6/h9-20,23-26,29-30,45-46H,21-22,27-28H2,1-8H3. The Bertz CT molecular complexity index is 1930. The molecule has 0 N–H and O–H groups in total. The van der Waals surface area contributed by atoms with Gasteiger partial charge in [-0.3, -0.25) is 0 Å². The summed E-state index contributed by atoms with van der Waals surface area (Å²) >= 11 is 0. The zero-order valence-corrected chi connectivity index (χ0v) is 31.9. The molecule has 49 heavy (non-hydrogen) atoms. The van der Waals surface area contributed by atoms with Crippen molar-refractivity contribution < 1.29 is 0 Å². The predicted molar refractivity (Wildman–Crippen MR) is 215 cm³/mol. The van der Waals surface area contributed by atoms with Crippen LogP contribution in [-0.2, 0) is 23.7 Å². The number of allylic oxidation sites excluding steroid dienone is 8. The molecule has 4 aliphatic rings. The maximum atomic E-state index is 2.74. The van der Waals surface area contributed by atoms with Crippen LogP contribution in [-0.4, -0.2) is 8.07 Å². The number of hydrogen-bond acceptors (Lipinski definition) is 0. The SMILES string of the molecule is CC(C)(C)c1ccc(C2=CC3=C(CCc4ccccc43)C2[Si](C)(C)C2C(c3ccc(C(C)(C)C)cc3)=CC3=C2CCc2ccccc23)cc1. The number of hydrogen-bond donors (Lipinski definition) is 0. The molecule has 2 atom stereocenters. The molecular formula is C48H52Si. The average molecular weight is 657 g/mol. The molecule has 0 nitrogen and oxygen atoms in total. The third-order valence-electron chi connectivity index (χ3n) is 12.2. The molecular weight excluding hydrogens is 605 g/mol. The summed E-state index contributed by atoms with van der Waals surface area (Å²) in [6, 6.07) is 37.7. The van der Waals surface area contributed by atoms with Gasteiger partial charge in [-0.2, -0.15) is 0 Å². The normalized spacial score (nSPS) is 20.4. The third-order valence-corrected chi connectivity index (χ3v) is 16.5. The van der Waals surface area contributed by atoms with E-state index in [1.807, 2.05) is 0 Å². The molecule has 4 aromatic rings. The van der Waals surface area contributed by atoms with Gasteiger partial charge in [-0.15, -0.1) is 0 Å². The highest BCUT2D eigenvalue weighted by Crippen LogP contribution is 2.63. The van der Waals surface area contributed by atoms with E-state index in [1.165, 1.54) is 55.7 Å². The first-order chi connectivity index (χ1) is 23.3. The van der Waals surface area contributed by atoms with Gasteiger partial charge in [0.05, 0.1) is 8.07 Å². The Kier molecular flexibility index (Phi) is 7.61. The summed E-state index contributed by atoms with van der Waals surface area (Å²) in [7, 11) is -2.14. The number of fused-ring (bicyclic) bond motifs is 4. The van der Waals surface area contributed by atoms with Gasteiger partial charge in [0.2, 0.25) is 0 Å². The van der Waals surface area contributed by atoms with Crippen LogP contribution in [0.5, 0.6) is 0 Å². The molecule has 0 spiro atoms. The first kappa shape index (κ1) is 32.3. The molecule has 0 aromatic heterocycles. The fourth-order valence-corrected chi connectivity index (χ4v) is 14.5. The first-order valence-electron chi connectivity index (χ1n) is 18.6. The molecule has 0 amide bonds. The molecule has 0 saturated heterocycles. The summed E-state index contributed by atoms with van der Waals surface area (Å²) < 4.78 is 0. The minimum absolute atomic E-state index is 0.138. The van der Waals surface area contributed by atoms with Crippen LogP contribution in [0.3, 0.4) is 0 Å². The van der Waals surface area contributed by atoms with Gasteiger partial charge in [0.1, 0.15) is 0 Å². The molecule has 0 fully saturated rings. The number of rotatable bonds is 4. The van der Waals surface area contributed by atoms with Crippen molar-refractivity contribution in [3.05, 3.63) is 165 Å². The van der Waals surface area contributed by atoms with Gasteiger partial charge in [-0.1, -0.05) is 175 Å². The fraction of sp³-hybridized carbons (Fsp3) is 0.333. The second-order valence-electron chi connectivity index (χ2n) is 17.7. The lowest BCUT2D eigenvalue weighted by Crippen LogP contribution is -2.40. The van der Waals surface area contributed by atoms with E-state index in [1.54, 1.807) is 22.3 Å². The summed E-state index contributed by atoms with van der Waals surface area (Å²) in [6.45, 7) is 19.4. The molecule has 4 aromatic carbocycles. The topological polar surface area (TPSA) is 0 Å². The Labute approximate surface area is 296 Å². The van der Waals surface area contributed by atoms with E-state index in [9.17, 15) is 0 Å². The van der Waals surface area contributed by atoms with E-state index in [0.717, 1.165) is 25.7 Å². The van der Waals surface area contributed by atoms with Gasteiger partial charge in [0.25, 0.3) is 0 Å². The predicted octanol–water partition coefficient (Wildman–Crippen LogP) is 13.0. The van der Waals surface area contributed by atoms with Crippen LogP contribution in [0.15, 0.2) is 120 Å². The van der Waals surface area contributed by atoms with Crippen molar-refractivity contribution in [3.63, 3.8) is 0 Å².